The fourth-order valence-electron chi connectivity index (χ4n) is 2.06. The van der Waals surface area contributed by atoms with Crippen molar-refractivity contribution in [1.82, 2.24) is 0 Å². The molecule has 3 nitrogen and oxygen atoms in total. The Balaban J connectivity index is 2.01. The van der Waals surface area contributed by atoms with Gasteiger partial charge < -0.3 is 9.84 Å². The fourth-order valence-corrected chi connectivity index (χ4v) is 2.23. The third-order valence-electron chi connectivity index (χ3n) is 3.18. The molecule has 3 rings (SSSR count). The number of carboxylic acid groups (broad SMARTS) is 1. The highest BCUT2D eigenvalue weighted by molar-refractivity contribution is 6.31. The zero-order valence-electron chi connectivity index (χ0n) is 10.7. The molecule has 0 aliphatic heterocycles. The molecule has 0 spiro atoms. The molecule has 1 aliphatic rings. The van der Waals surface area contributed by atoms with Gasteiger partial charge in [0.15, 0.2) is 0 Å². The third kappa shape index (κ3) is 2.78. The molecule has 2 aromatic rings. The lowest BCUT2D eigenvalue weighted by Gasteiger charge is -2.09. The normalized spacial score (nSPS) is 14.1. The molecule has 0 unspecified atom stereocenters. The van der Waals surface area contributed by atoms with Crippen molar-refractivity contribution in [3.63, 3.8) is 0 Å². The van der Waals surface area contributed by atoms with Gasteiger partial charge in [-0.2, -0.15) is 0 Å². The average molecular weight is 289 g/mol. The molecule has 0 amide bonds. The molecule has 0 heterocycles. The van der Waals surface area contributed by atoms with Crippen LogP contribution in [-0.2, 0) is 0 Å². The maximum atomic E-state index is 11.3. The van der Waals surface area contributed by atoms with Crippen molar-refractivity contribution in [3.05, 3.63) is 53.1 Å². The van der Waals surface area contributed by atoms with Gasteiger partial charge in [0.2, 0.25) is 0 Å². The van der Waals surface area contributed by atoms with Crippen molar-refractivity contribution >= 4 is 17.6 Å². The van der Waals surface area contributed by atoms with Gasteiger partial charge in [-0.25, -0.2) is 4.79 Å². The van der Waals surface area contributed by atoms with Crippen LogP contribution in [0.3, 0.4) is 0 Å². The smallest absolute Gasteiger partial charge is 0.336 e. The number of ether oxygens (including phenoxy) is 1. The summed E-state index contributed by atoms with van der Waals surface area (Å²) in [5, 5.41) is 9.70. The first-order chi connectivity index (χ1) is 9.63. The fraction of sp³-hybridized carbons (Fsp3) is 0.188. The van der Waals surface area contributed by atoms with Crippen molar-refractivity contribution in [3.8, 4) is 16.9 Å². The van der Waals surface area contributed by atoms with E-state index in [0.717, 1.165) is 24.2 Å². The summed E-state index contributed by atoms with van der Waals surface area (Å²) in [4.78, 5) is 11.3. The van der Waals surface area contributed by atoms with E-state index in [2.05, 4.69) is 0 Å². The highest BCUT2D eigenvalue weighted by atomic mass is 35.5. The molecule has 0 radical (unpaired) electrons. The zero-order chi connectivity index (χ0) is 14.1. The number of hydrogen-bond donors (Lipinski definition) is 1. The van der Waals surface area contributed by atoms with Gasteiger partial charge in [-0.1, -0.05) is 29.8 Å². The first-order valence-electron chi connectivity index (χ1n) is 6.43. The molecule has 0 saturated heterocycles. The Bertz CT molecular complexity index is 663. The predicted octanol–water partition coefficient (Wildman–Crippen LogP) is 4.25. The van der Waals surface area contributed by atoms with Crippen molar-refractivity contribution in [2.24, 2.45) is 0 Å². The molecule has 1 aliphatic carbocycles. The summed E-state index contributed by atoms with van der Waals surface area (Å²) in [5.41, 5.74) is 1.65. The lowest BCUT2D eigenvalue weighted by atomic mass is 9.99. The first-order valence-corrected chi connectivity index (χ1v) is 6.81. The summed E-state index contributed by atoms with van der Waals surface area (Å²) in [6.07, 6.45) is 2.49. The number of aromatic carboxylic acids is 1. The van der Waals surface area contributed by atoms with Crippen LogP contribution in [0.4, 0.5) is 0 Å². The standard InChI is InChI=1S/C16H13ClO3/c17-11-4-7-14(15(9-11)16(18)19)10-2-1-3-13(8-10)20-12-5-6-12/h1-4,7-9,12H,5-6H2,(H,18,19). The molecule has 0 bridgehead atoms. The molecule has 20 heavy (non-hydrogen) atoms. The van der Waals surface area contributed by atoms with Crippen molar-refractivity contribution in [2.75, 3.05) is 0 Å². The number of carboxylic acids is 1. The van der Waals surface area contributed by atoms with E-state index in [9.17, 15) is 9.90 Å². The van der Waals surface area contributed by atoms with Crippen LogP contribution in [0.1, 0.15) is 23.2 Å². The Morgan fingerprint density at radius 1 is 1.20 bits per heavy atom. The van der Waals surface area contributed by atoms with Crippen LogP contribution in [0.25, 0.3) is 11.1 Å². The Morgan fingerprint density at radius 3 is 2.70 bits per heavy atom. The lowest BCUT2D eigenvalue weighted by Crippen LogP contribution is -2.00. The Kier molecular flexibility index (Phi) is 3.36. The minimum Gasteiger partial charge on any atom is -0.490 e. The summed E-state index contributed by atoms with van der Waals surface area (Å²) in [7, 11) is 0. The third-order valence-corrected chi connectivity index (χ3v) is 3.42. The lowest BCUT2D eigenvalue weighted by molar-refractivity contribution is 0.0697. The van der Waals surface area contributed by atoms with E-state index >= 15 is 0 Å². The number of rotatable bonds is 4. The molecule has 4 heteroatoms. The zero-order valence-corrected chi connectivity index (χ0v) is 11.4. The molecule has 1 saturated carbocycles. The topological polar surface area (TPSA) is 46.5 Å². The van der Waals surface area contributed by atoms with Gasteiger partial charge in [0.05, 0.1) is 11.7 Å². The summed E-state index contributed by atoms with van der Waals surface area (Å²) in [6.45, 7) is 0. The summed E-state index contributed by atoms with van der Waals surface area (Å²) < 4.78 is 5.74. The Hall–Kier alpha value is -2.00. The minimum atomic E-state index is -0.990. The van der Waals surface area contributed by atoms with Gasteiger partial charge in [0, 0.05) is 5.02 Å². The SMILES string of the molecule is O=C(O)c1cc(Cl)ccc1-c1cccc(OC2CC2)c1. The van der Waals surface area contributed by atoms with E-state index in [0.29, 0.717) is 16.7 Å². The van der Waals surface area contributed by atoms with Gasteiger partial charge in [-0.15, -0.1) is 0 Å². The predicted molar refractivity (Wildman–Crippen MR) is 77.5 cm³/mol. The molecule has 2 aromatic carbocycles. The summed E-state index contributed by atoms with van der Waals surface area (Å²) >= 11 is 5.87. The van der Waals surface area contributed by atoms with Crippen molar-refractivity contribution in [2.45, 2.75) is 18.9 Å². The van der Waals surface area contributed by atoms with Crippen LogP contribution in [0.5, 0.6) is 5.75 Å². The molecule has 1 fully saturated rings. The van der Waals surface area contributed by atoms with Crippen molar-refractivity contribution < 1.29 is 14.6 Å². The second-order valence-electron chi connectivity index (χ2n) is 4.84. The summed E-state index contributed by atoms with van der Waals surface area (Å²) in [6, 6.07) is 12.4. The average Bonchev–Trinajstić information content (AvgIpc) is 3.23. The largest absolute Gasteiger partial charge is 0.490 e. The molecule has 0 aromatic heterocycles. The summed E-state index contributed by atoms with van der Waals surface area (Å²) in [5.74, 6) is -0.215. The van der Waals surface area contributed by atoms with Gasteiger partial charge in [-0.05, 0) is 48.2 Å². The highest BCUT2D eigenvalue weighted by Crippen LogP contribution is 2.32. The van der Waals surface area contributed by atoms with Crippen LogP contribution in [0.2, 0.25) is 5.02 Å². The van der Waals surface area contributed by atoms with E-state index < -0.39 is 5.97 Å². The molecular weight excluding hydrogens is 276 g/mol. The molecule has 0 atom stereocenters. The van der Waals surface area contributed by atoms with E-state index in [1.165, 1.54) is 6.07 Å². The van der Waals surface area contributed by atoms with E-state index in [1.54, 1.807) is 12.1 Å². The maximum absolute atomic E-state index is 11.3. The van der Waals surface area contributed by atoms with Gasteiger partial charge in [0.25, 0.3) is 0 Å². The van der Waals surface area contributed by atoms with Gasteiger partial charge in [-0.3, -0.25) is 0 Å². The molecule has 1 N–H and O–H groups in total. The molecular formula is C16H13ClO3. The quantitative estimate of drug-likeness (QED) is 0.915. The second kappa shape index (κ2) is 5.17. The Morgan fingerprint density at radius 2 is 2.00 bits per heavy atom. The van der Waals surface area contributed by atoms with Crippen LogP contribution in [-0.4, -0.2) is 17.2 Å². The van der Waals surface area contributed by atoms with Crippen LogP contribution < -0.4 is 4.74 Å². The number of halogens is 1. The van der Waals surface area contributed by atoms with Crippen LogP contribution in [0.15, 0.2) is 42.5 Å². The monoisotopic (exact) mass is 288 g/mol. The number of benzene rings is 2. The minimum absolute atomic E-state index is 0.195. The van der Waals surface area contributed by atoms with Crippen LogP contribution in [0, 0.1) is 0 Å². The van der Waals surface area contributed by atoms with E-state index in [1.807, 2.05) is 24.3 Å². The van der Waals surface area contributed by atoms with E-state index in [4.69, 9.17) is 16.3 Å². The number of hydrogen-bond acceptors (Lipinski definition) is 2. The second-order valence-corrected chi connectivity index (χ2v) is 5.28. The van der Waals surface area contributed by atoms with Crippen molar-refractivity contribution in [1.29, 1.82) is 0 Å². The van der Waals surface area contributed by atoms with Gasteiger partial charge in [0.1, 0.15) is 5.75 Å². The maximum Gasteiger partial charge on any atom is 0.336 e. The van der Waals surface area contributed by atoms with E-state index in [-0.39, 0.29) is 5.56 Å². The highest BCUT2D eigenvalue weighted by Gasteiger charge is 2.23. The van der Waals surface area contributed by atoms with Gasteiger partial charge >= 0.3 is 5.97 Å². The number of carbonyl (C=O) groups is 1. The molecule has 102 valence electrons. The Labute approximate surface area is 121 Å². The van der Waals surface area contributed by atoms with Crippen LogP contribution >= 0.6 is 11.6 Å². The first kappa shape index (κ1) is 13.0.